The Labute approximate surface area is 224 Å². The number of halogens is 1. The molecule has 4 aliphatic rings. The molecule has 3 aliphatic heterocycles. The third-order valence-corrected chi connectivity index (χ3v) is 8.47. The molecule has 2 bridgehead atoms. The molecule has 3 saturated heterocycles. The summed E-state index contributed by atoms with van der Waals surface area (Å²) in [5.74, 6) is -0.734. The van der Waals surface area contributed by atoms with Gasteiger partial charge in [0.2, 0.25) is 5.82 Å². The van der Waals surface area contributed by atoms with Crippen LogP contribution in [0.5, 0.6) is 0 Å². The Kier molecular flexibility index (Phi) is 8.60. The molecule has 2 amide bonds. The van der Waals surface area contributed by atoms with Gasteiger partial charge in [-0.05, 0) is 24.5 Å². The van der Waals surface area contributed by atoms with Crippen molar-refractivity contribution in [3.63, 3.8) is 0 Å². The first-order chi connectivity index (χ1) is 17.5. The predicted octanol–water partition coefficient (Wildman–Crippen LogP) is 0.181. The molecule has 0 spiro atoms. The molecule has 4 fully saturated rings. The highest BCUT2D eigenvalue weighted by Crippen LogP contribution is 2.42. The number of ether oxygens (including phenoxy) is 1. The summed E-state index contributed by atoms with van der Waals surface area (Å²) in [6, 6.07) is 11.7. The Bertz CT molecular complexity index is 1080. The molecule has 198 valence electrons. The van der Waals surface area contributed by atoms with E-state index in [4.69, 9.17) is 4.74 Å². The minimum absolute atomic E-state index is 0. The van der Waals surface area contributed by atoms with Crippen LogP contribution in [0.3, 0.4) is 0 Å². The molecule has 0 unspecified atom stereocenters. The standard InChI is InChI=1S/C28H34N4O4.ClH/c33-24(31-26(34)25-29-15-8-16-30-25)20-32-17-11-21(12-18-32)23(19-32)36-27(35)28(13-6-1-2-7-14-28)22-9-4-3-5-10-22;/h3-5,8-10,15-16,21,23H,1-2,6-7,11-14,17-20H2;1H/t21?,23-,32?;/m0./s1. The molecule has 2 aromatic rings. The number of esters is 1. The number of fused-ring (bicyclic) bond motifs is 3. The lowest BCUT2D eigenvalue weighted by atomic mass is 9.74. The molecule has 1 aliphatic carbocycles. The van der Waals surface area contributed by atoms with E-state index in [-0.39, 0.29) is 42.8 Å². The van der Waals surface area contributed by atoms with E-state index in [0.717, 1.165) is 70.0 Å². The first-order valence-electron chi connectivity index (χ1n) is 13.2. The predicted molar refractivity (Wildman–Crippen MR) is 133 cm³/mol. The average Bonchev–Trinajstić information content (AvgIpc) is 3.17. The van der Waals surface area contributed by atoms with Crippen LogP contribution in [0, 0.1) is 5.92 Å². The maximum absolute atomic E-state index is 13.9. The number of aromatic nitrogens is 2. The van der Waals surface area contributed by atoms with E-state index in [1.54, 1.807) is 6.07 Å². The number of quaternary nitrogens is 1. The van der Waals surface area contributed by atoms with Crippen LogP contribution in [0.1, 0.15) is 67.5 Å². The molecule has 1 atom stereocenters. The van der Waals surface area contributed by atoms with Crippen molar-refractivity contribution in [3.8, 4) is 0 Å². The zero-order valence-electron chi connectivity index (χ0n) is 21.1. The fourth-order valence-electron chi connectivity index (χ4n) is 6.47. The molecule has 1 N–H and O–H groups in total. The lowest BCUT2D eigenvalue weighted by Gasteiger charge is -2.52. The minimum Gasteiger partial charge on any atom is -1.00 e. The van der Waals surface area contributed by atoms with Crippen LogP contribution >= 0.6 is 0 Å². The van der Waals surface area contributed by atoms with Crippen LogP contribution in [-0.4, -0.2) is 64.5 Å². The summed E-state index contributed by atoms with van der Waals surface area (Å²) in [5, 5.41) is 2.44. The van der Waals surface area contributed by atoms with Gasteiger partial charge in [-0.2, -0.15) is 0 Å². The Morgan fingerprint density at radius 1 is 0.946 bits per heavy atom. The summed E-state index contributed by atoms with van der Waals surface area (Å²) in [6.45, 7) is 2.51. The molecule has 1 saturated carbocycles. The van der Waals surface area contributed by atoms with Gasteiger partial charge in [0, 0.05) is 31.2 Å². The second-order valence-corrected chi connectivity index (χ2v) is 10.7. The molecule has 1 aromatic carbocycles. The van der Waals surface area contributed by atoms with Crippen molar-refractivity contribution in [1.82, 2.24) is 15.3 Å². The fourth-order valence-corrected chi connectivity index (χ4v) is 6.47. The fraction of sp³-hybridized carbons (Fsp3) is 0.536. The maximum Gasteiger partial charge on any atom is 0.317 e. The van der Waals surface area contributed by atoms with Gasteiger partial charge in [0.1, 0.15) is 6.54 Å². The number of benzene rings is 1. The maximum atomic E-state index is 13.9. The zero-order valence-corrected chi connectivity index (χ0v) is 21.9. The quantitative estimate of drug-likeness (QED) is 0.328. The number of hydrogen-bond donors (Lipinski definition) is 1. The van der Waals surface area contributed by atoms with Crippen LogP contribution in [-0.2, 0) is 19.7 Å². The van der Waals surface area contributed by atoms with Gasteiger partial charge < -0.3 is 21.6 Å². The number of hydrogen-bond acceptors (Lipinski definition) is 6. The normalized spacial score (nSPS) is 26.3. The topological polar surface area (TPSA) is 98.2 Å². The zero-order chi connectivity index (χ0) is 25.0. The summed E-state index contributed by atoms with van der Waals surface area (Å²) >= 11 is 0. The molecule has 4 heterocycles. The second kappa shape index (κ2) is 11.7. The van der Waals surface area contributed by atoms with Gasteiger partial charge >= 0.3 is 5.97 Å². The van der Waals surface area contributed by atoms with Crippen molar-refractivity contribution in [2.75, 3.05) is 26.2 Å². The van der Waals surface area contributed by atoms with E-state index in [1.807, 2.05) is 18.2 Å². The van der Waals surface area contributed by atoms with E-state index in [1.165, 1.54) is 12.4 Å². The number of carbonyl (C=O) groups excluding carboxylic acids is 3. The van der Waals surface area contributed by atoms with Crippen molar-refractivity contribution in [1.29, 1.82) is 0 Å². The number of rotatable bonds is 6. The molecule has 6 rings (SSSR count). The number of carbonyl (C=O) groups is 3. The van der Waals surface area contributed by atoms with Gasteiger partial charge in [0.05, 0.1) is 18.5 Å². The van der Waals surface area contributed by atoms with Crippen LogP contribution in [0.25, 0.3) is 0 Å². The van der Waals surface area contributed by atoms with Crippen LogP contribution < -0.4 is 17.7 Å². The number of nitrogens with zero attached hydrogens (tertiary/aromatic N) is 3. The first kappa shape index (κ1) is 27.2. The van der Waals surface area contributed by atoms with Gasteiger partial charge in [-0.3, -0.25) is 19.7 Å². The van der Waals surface area contributed by atoms with Gasteiger partial charge in [-0.15, -0.1) is 0 Å². The average molecular weight is 527 g/mol. The summed E-state index contributed by atoms with van der Waals surface area (Å²) in [5.41, 5.74) is 0.469. The van der Waals surface area contributed by atoms with Gasteiger partial charge in [-0.25, -0.2) is 9.97 Å². The highest BCUT2D eigenvalue weighted by atomic mass is 35.5. The van der Waals surface area contributed by atoms with E-state index >= 15 is 0 Å². The van der Waals surface area contributed by atoms with E-state index in [2.05, 4.69) is 27.4 Å². The molecular formula is C28H35ClN4O4. The third-order valence-electron chi connectivity index (χ3n) is 8.47. The molecule has 9 heteroatoms. The van der Waals surface area contributed by atoms with Crippen molar-refractivity contribution in [2.45, 2.75) is 62.9 Å². The lowest BCUT2D eigenvalue weighted by molar-refractivity contribution is -0.939. The molecule has 8 nitrogen and oxygen atoms in total. The Hall–Kier alpha value is -2.84. The number of amides is 2. The lowest BCUT2D eigenvalue weighted by Crippen LogP contribution is -3.00. The Morgan fingerprint density at radius 3 is 2.24 bits per heavy atom. The van der Waals surface area contributed by atoms with Gasteiger partial charge in [0.15, 0.2) is 12.6 Å². The molecule has 37 heavy (non-hydrogen) atoms. The molecular weight excluding hydrogens is 492 g/mol. The van der Waals surface area contributed by atoms with Crippen molar-refractivity contribution in [3.05, 3.63) is 60.2 Å². The summed E-state index contributed by atoms with van der Waals surface area (Å²) < 4.78 is 6.91. The highest BCUT2D eigenvalue weighted by molar-refractivity contribution is 6.02. The Balaban J connectivity index is 0.00000320. The van der Waals surface area contributed by atoms with E-state index < -0.39 is 11.3 Å². The summed E-state index contributed by atoms with van der Waals surface area (Å²) in [6.07, 6.45) is 10.6. The number of piperidine rings is 3. The van der Waals surface area contributed by atoms with Crippen LogP contribution in [0.4, 0.5) is 0 Å². The highest BCUT2D eigenvalue weighted by Gasteiger charge is 2.51. The van der Waals surface area contributed by atoms with Crippen LogP contribution in [0.2, 0.25) is 0 Å². The minimum atomic E-state index is -0.591. The van der Waals surface area contributed by atoms with Gasteiger partial charge in [-0.1, -0.05) is 56.0 Å². The van der Waals surface area contributed by atoms with Crippen LogP contribution in [0.15, 0.2) is 48.8 Å². The monoisotopic (exact) mass is 526 g/mol. The third kappa shape index (κ3) is 5.85. The number of imide groups is 1. The smallest absolute Gasteiger partial charge is 0.317 e. The number of nitrogens with one attached hydrogen (secondary N) is 1. The van der Waals surface area contributed by atoms with Crippen molar-refractivity contribution in [2.24, 2.45) is 5.92 Å². The second-order valence-electron chi connectivity index (χ2n) is 10.7. The molecule has 0 radical (unpaired) electrons. The van der Waals surface area contributed by atoms with Crippen molar-refractivity contribution < 1.29 is 36.0 Å². The van der Waals surface area contributed by atoms with E-state index in [0.29, 0.717) is 16.9 Å². The van der Waals surface area contributed by atoms with Crippen molar-refractivity contribution >= 4 is 17.8 Å². The molecule has 1 aromatic heterocycles. The Morgan fingerprint density at radius 2 is 1.59 bits per heavy atom. The first-order valence-corrected chi connectivity index (χ1v) is 13.2. The van der Waals surface area contributed by atoms with Gasteiger partial charge in [0.25, 0.3) is 11.8 Å². The van der Waals surface area contributed by atoms with E-state index in [9.17, 15) is 14.4 Å². The summed E-state index contributed by atoms with van der Waals surface area (Å²) in [4.78, 5) is 46.9. The SMILES string of the molecule is O=C(C[N+]12CCC(CC1)[C@@H](OC(=O)C1(c3ccccc3)CCCCCC1)C2)NC(=O)c1ncccn1.[Cl-]. The largest absolute Gasteiger partial charge is 1.00 e. The summed E-state index contributed by atoms with van der Waals surface area (Å²) in [7, 11) is 0.